The third-order valence-electron chi connectivity index (χ3n) is 10.6. The Morgan fingerprint density at radius 1 is 1.15 bits per heavy atom. The van der Waals surface area contributed by atoms with Gasteiger partial charge in [0.1, 0.15) is 41.3 Å². The fourth-order valence-electron chi connectivity index (χ4n) is 8.58. The van der Waals surface area contributed by atoms with Gasteiger partial charge in [0, 0.05) is 62.3 Å². The summed E-state index contributed by atoms with van der Waals surface area (Å²) in [5.74, 6) is -1.17. The average Bonchev–Trinajstić information content (AvgIpc) is 3.85. The first kappa shape index (κ1) is 28.6. The van der Waals surface area contributed by atoms with Gasteiger partial charge >= 0.3 is 6.01 Å². The molecule has 2 aromatic carbocycles. The third-order valence-corrected chi connectivity index (χ3v) is 10.6. The van der Waals surface area contributed by atoms with Crippen molar-refractivity contribution >= 4 is 44.5 Å². The molecule has 0 aliphatic carbocycles. The van der Waals surface area contributed by atoms with Gasteiger partial charge in [0.05, 0.1) is 16.3 Å². The predicted molar refractivity (Wildman–Crippen MR) is 169 cm³/mol. The number of ether oxygens (including phenoxy) is 1. The van der Waals surface area contributed by atoms with Crippen LogP contribution in [0, 0.1) is 23.0 Å². The summed E-state index contributed by atoms with van der Waals surface area (Å²) in [4.78, 5) is 13.9. The summed E-state index contributed by atoms with van der Waals surface area (Å²) >= 11 is 0. The molecule has 4 atom stereocenters. The Morgan fingerprint density at radius 2 is 1.96 bits per heavy atom. The monoisotopic (exact) mass is 643 g/mol. The van der Waals surface area contributed by atoms with E-state index >= 15 is 4.39 Å². The second kappa shape index (κ2) is 10.2. The molecule has 14 heteroatoms. The van der Waals surface area contributed by atoms with Crippen LogP contribution in [0.1, 0.15) is 37.7 Å². The number of nitrogens with one attached hydrogen (secondary N) is 1. The minimum atomic E-state index is -0.926. The van der Waals surface area contributed by atoms with Crippen LogP contribution in [0.15, 0.2) is 22.7 Å². The first-order chi connectivity index (χ1) is 22.7. The van der Waals surface area contributed by atoms with E-state index < -0.39 is 23.3 Å². The molecule has 4 aliphatic rings. The van der Waals surface area contributed by atoms with E-state index in [4.69, 9.17) is 19.9 Å². The van der Waals surface area contributed by atoms with E-state index in [-0.39, 0.29) is 63.8 Å². The summed E-state index contributed by atoms with van der Waals surface area (Å²) < 4.78 is 60.2. The summed E-state index contributed by atoms with van der Waals surface area (Å²) in [6.45, 7) is 2.72. The summed E-state index contributed by atoms with van der Waals surface area (Å²) in [6, 6.07) is 5.09. The van der Waals surface area contributed by atoms with Crippen LogP contribution in [0.3, 0.4) is 0 Å². The minimum Gasteiger partial charge on any atom is -0.461 e. The number of nitriles is 1. The SMILES string of the molecule is Cn1cc2c(n1)c(-c1ccc(F)c3oc(N)c(C#N)c13)c(F)c1nc(OC[C@@]34CCCN3C[C@H](F)C4)nc(N3CC4CCC(C3)N4)c12. The molecule has 4 fully saturated rings. The summed E-state index contributed by atoms with van der Waals surface area (Å²) in [5.41, 5.74) is 5.71. The Bertz CT molecular complexity index is 2150. The molecular formula is C33H32F3N9O2. The molecular weight excluding hydrogens is 611 g/mol. The zero-order chi connectivity index (χ0) is 32.2. The highest BCUT2D eigenvalue weighted by Gasteiger charge is 2.49. The van der Waals surface area contributed by atoms with E-state index in [0.29, 0.717) is 48.2 Å². The smallest absolute Gasteiger partial charge is 0.319 e. The number of nitrogens with zero attached hydrogens (tertiary/aromatic N) is 7. The summed E-state index contributed by atoms with van der Waals surface area (Å²) in [5, 5.41) is 19.3. The molecule has 3 aromatic heterocycles. The molecule has 0 radical (unpaired) electrons. The van der Waals surface area contributed by atoms with E-state index in [0.717, 1.165) is 38.3 Å². The van der Waals surface area contributed by atoms with Crippen LogP contribution in [0.4, 0.5) is 24.9 Å². The van der Waals surface area contributed by atoms with Gasteiger partial charge in [0.2, 0.25) is 5.88 Å². The van der Waals surface area contributed by atoms with Crippen LogP contribution in [0.5, 0.6) is 6.01 Å². The summed E-state index contributed by atoms with van der Waals surface area (Å²) in [7, 11) is 1.74. The molecule has 2 unspecified atom stereocenters. The van der Waals surface area contributed by atoms with Crippen molar-refractivity contribution in [1.82, 2.24) is 30.0 Å². The highest BCUT2D eigenvalue weighted by molar-refractivity contribution is 6.18. The van der Waals surface area contributed by atoms with Gasteiger partial charge in [-0.25, -0.2) is 13.2 Å². The predicted octanol–water partition coefficient (Wildman–Crippen LogP) is 4.56. The van der Waals surface area contributed by atoms with Gasteiger partial charge in [-0.15, -0.1) is 0 Å². The molecule has 0 saturated carbocycles. The molecule has 0 amide bonds. The van der Waals surface area contributed by atoms with Crippen LogP contribution in [0.2, 0.25) is 0 Å². The van der Waals surface area contributed by atoms with Crippen LogP contribution in [0.25, 0.3) is 43.9 Å². The highest BCUT2D eigenvalue weighted by atomic mass is 19.1. The van der Waals surface area contributed by atoms with Crippen LogP contribution in [-0.4, -0.2) is 81.2 Å². The number of nitrogen functional groups attached to an aromatic ring is 1. The third kappa shape index (κ3) is 4.22. The number of fused-ring (bicyclic) bond motifs is 7. The van der Waals surface area contributed by atoms with Gasteiger partial charge in [0.15, 0.2) is 17.2 Å². The molecule has 5 aromatic rings. The second-order valence-corrected chi connectivity index (χ2v) is 13.5. The van der Waals surface area contributed by atoms with Crippen molar-refractivity contribution in [2.75, 3.05) is 43.4 Å². The molecule has 0 spiro atoms. The van der Waals surface area contributed by atoms with Gasteiger partial charge in [-0.05, 0) is 43.9 Å². The molecule has 47 heavy (non-hydrogen) atoms. The summed E-state index contributed by atoms with van der Waals surface area (Å²) in [6.07, 6.45) is 5.06. The van der Waals surface area contributed by atoms with Gasteiger partial charge < -0.3 is 25.1 Å². The van der Waals surface area contributed by atoms with Gasteiger partial charge in [0.25, 0.3) is 0 Å². The number of aryl methyl sites for hydroxylation is 1. The maximum Gasteiger partial charge on any atom is 0.319 e. The molecule has 2 bridgehead atoms. The van der Waals surface area contributed by atoms with E-state index in [2.05, 4.69) is 25.2 Å². The maximum atomic E-state index is 17.3. The standard InChI is InChI=1S/C33H32F3N9O2/c1-43-14-21-25-28(26(36)24(27(21)42-43)19-5-6-22(35)29-23(19)20(10-37)30(38)47-29)40-32(41-31(25)44-12-17-3-4-18(13-44)39-17)46-15-33-7-2-8-45(33)11-16(34)9-33/h5-6,14,16-18,39H,2-4,7-9,11-13,15,38H2,1H3/t16-,17?,18?,33+/m1/s1. The van der Waals surface area contributed by atoms with E-state index in [1.165, 1.54) is 6.07 Å². The lowest BCUT2D eigenvalue weighted by atomic mass is 9.94. The van der Waals surface area contributed by atoms with Gasteiger partial charge in [-0.2, -0.15) is 20.3 Å². The lowest BCUT2D eigenvalue weighted by Crippen LogP contribution is -2.51. The number of piperazine rings is 1. The van der Waals surface area contributed by atoms with Crippen molar-refractivity contribution in [2.24, 2.45) is 7.05 Å². The molecule has 9 rings (SSSR count). The van der Waals surface area contributed by atoms with E-state index in [1.807, 2.05) is 6.07 Å². The quantitative estimate of drug-likeness (QED) is 0.281. The highest BCUT2D eigenvalue weighted by Crippen LogP contribution is 2.46. The lowest BCUT2D eigenvalue weighted by molar-refractivity contribution is 0.107. The van der Waals surface area contributed by atoms with Crippen LogP contribution in [-0.2, 0) is 7.05 Å². The van der Waals surface area contributed by atoms with Gasteiger partial charge in [-0.3, -0.25) is 9.58 Å². The van der Waals surface area contributed by atoms with Crippen molar-refractivity contribution in [3.63, 3.8) is 0 Å². The van der Waals surface area contributed by atoms with E-state index in [9.17, 15) is 14.0 Å². The Labute approximate surface area is 267 Å². The Hall–Kier alpha value is -4.61. The largest absolute Gasteiger partial charge is 0.461 e. The zero-order valence-corrected chi connectivity index (χ0v) is 25.7. The number of hydrogen-bond acceptors (Lipinski definition) is 10. The Balaban J connectivity index is 1.28. The molecule has 11 nitrogen and oxygen atoms in total. The molecule has 242 valence electrons. The van der Waals surface area contributed by atoms with Crippen molar-refractivity contribution in [2.45, 2.75) is 55.9 Å². The van der Waals surface area contributed by atoms with Crippen molar-refractivity contribution in [3.05, 3.63) is 35.5 Å². The normalized spacial score (nSPS) is 25.8. The number of halogens is 3. The topological polar surface area (TPSA) is 134 Å². The number of nitrogens with two attached hydrogens (primary N) is 1. The van der Waals surface area contributed by atoms with E-state index in [1.54, 1.807) is 17.9 Å². The first-order valence-corrected chi connectivity index (χ1v) is 16.0. The average molecular weight is 644 g/mol. The Kier molecular flexibility index (Phi) is 6.20. The molecule has 3 N–H and O–H groups in total. The maximum absolute atomic E-state index is 17.3. The second-order valence-electron chi connectivity index (χ2n) is 13.5. The molecule has 4 saturated heterocycles. The lowest BCUT2D eigenvalue weighted by Gasteiger charge is -2.35. The zero-order valence-electron chi connectivity index (χ0n) is 25.7. The first-order valence-electron chi connectivity index (χ1n) is 16.0. The van der Waals surface area contributed by atoms with Crippen LogP contribution >= 0.6 is 0 Å². The fraction of sp³-hybridized carbons (Fsp3) is 0.455. The molecule has 4 aliphatic heterocycles. The number of aromatic nitrogens is 4. The number of alkyl halides is 1. The van der Waals surface area contributed by atoms with Crippen molar-refractivity contribution < 1.29 is 22.3 Å². The number of benzene rings is 2. The minimum absolute atomic E-state index is 0.00419. The molecule has 7 heterocycles. The fourth-order valence-corrected chi connectivity index (χ4v) is 8.58. The van der Waals surface area contributed by atoms with Crippen molar-refractivity contribution in [1.29, 1.82) is 5.26 Å². The number of rotatable bonds is 5. The van der Waals surface area contributed by atoms with Gasteiger partial charge in [-0.1, -0.05) is 6.07 Å². The number of hydrogen-bond donors (Lipinski definition) is 2. The number of furan rings is 1. The van der Waals surface area contributed by atoms with Crippen LogP contribution < -0.4 is 20.7 Å². The van der Waals surface area contributed by atoms with Crippen molar-refractivity contribution in [3.8, 4) is 23.2 Å². The Morgan fingerprint density at radius 3 is 2.74 bits per heavy atom. The number of anilines is 2.